The van der Waals surface area contributed by atoms with E-state index in [9.17, 15) is 0 Å². The summed E-state index contributed by atoms with van der Waals surface area (Å²) in [7, 11) is 0. The molecule has 4 unspecified atom stereocenters. The average Bonchev–Trinajstić information content (AvgIpc) is 3.06. The Morgan fingerprint density at radius 3 is 2.89 bits per heavy atom. The van der Waals surface area contributed by atoms with Crippen LogP contribution < -0.4 is 11.3 Å². The van der Waals surface area contributed by atoms with Gasteiger partial charge in [-0.05, 0) is 77.2 Å². The molecule has 2 saturated carbocycles. The summed E-state index contributed by atoms with van der Waals surface area (Å²) in [6.45, 7) is 0. The van der Waals surface area contributed by atoms with Crippen molar-refractivity contribution >= 4 is 27.3 Å². The van der Waals surface area contributed by atoms with E-state index in [1.165, 1.54) is 41.5 Å². The van der Waals surface area contributed by atoms with E-state index >= 15 is 0 Å². The quantitative estimate of drug-likeness (QED) is 0.638. The lowest BCUT2D eigenvalue weighted by Crippen LogP contribution is -2.38. The maximum absolute atomic E-state index is 5.75. The van der Waals surface area contributed by atoms with Gasteiger partial charge >= 0.3 is 0 Å². The summed E-state index contributed by atoms with van der Waals surface area (Å²) in [6, 6.07) is 2.56. The van der Waals surface area contributed by atoms with Crippen molar-refractivity contribution < 1.29 is 0 Å². The molecule has 0 radical (unpaired) electrons. The molecule has 18 heavy (non-hydrogen) atoms. The lowest BCUT2D eigenvalue weighted by molar-refractivity contribution is 0.278. The van der Waals surface area contributed by atoms with Gasteiger partial charge in [-0.2, -0.15) is 0 Å². The minimum Gasteiger partial charge on any atom is -0.271 e. The van der Waals surface area contributed by atoms with Crippen LogP contribution in [0.4, 0.5) is 0 Å². The molecule has 4 atom stereocenters. The van der Waals surface area contributed by atoms with Crippen LogP contribution >= 0.6 is 27.3 Å². The zero-order valence-electron chi connectivity index (χ0n) is 10.6. The number of hydrazine groups is 1. The summed E-state index contributed by atoms with van der Waals surface area (Å²) >= 11 is 5.44. The smallest absolute Gasteiger partial charge is 0.0314 e. The van der Waals surface area contributed by atoms with Crippen molar-refractivity contribution in [1.82, 2.24) is 5.43 Å². The van der Waals surface area contributed by atoms with E-state index in [-0.39, 0.29) is 0 Å². The molecule has 0 aromatic carbocycles. The van der Waals surface area contributed by atoms with E-state index in [1.54, 1.807) is 0 Å². The van der Waals surface area contributed by atoms with Crippen LogP contribution in [0.1, 0.15) is 37.0 Å². The van der Waals surface area contributed by atoms with Crippen LogP contribution in [0.2, 0.25) is 0 Å². The monoisotopic (exact) mass is 328 g/mol. The molecule has 2 aliphatic carbocycles. The van der Waals surface area contributed by atoms with Gasteiger partial charge in [0.05, 0.1) is 0 Å². The molecule has 1 aromatic heterocycles. The number of halogens is 1. The molecule has 100 valence electrons. The number of rotatable bonds is 5. The molecular weight excluding hydrogens is 308 g/mol. The van der Waals surface area contributed by atoms with Crippen LogP contribution in [0.25, 0.3) is 0 Å². The van der Waals surface area contributed by atoms with Crippen LogP contribution in [0.5, 0.6) is 0 Å². The number of nitrogens with one attached hydrogen (secondary N) is 1. The van der Waals surface area contributed by atoms with Gasteiger partial charge in [-0.1, -0.05) is 6.42 Å². The zero-order valence-corrected chi connectivity index (χ0v) is 13.0. The SMILES string of the molecule is NNC(Cc1sccc1Br)CC1CC2CCC1C2. The van der Waals surface area contributed by atoms with Crippen molar-refractivity contribution in [2.75, 3.05) is 0 Å². The fourth-order valence-corrected chi connectivity index (χ4v) is 5.53. The Balaban J connectivity index is 1.58. The van der Waals surface area contributed by atoms with E-state index in [1.807, 2.05) is 11.3 Å². The molecule has 1 heterocycles. The van der Waals surface area contributed by atoms with E-state index < -0.39 is 0 Å². The molecule has 3 rings (SSSR count). The molecule has 2 bridgehead atoms. The Morgan fingerprint density at radius 2 is 2.33 bits per heavy atom. The van der Waals surface area contributed by atoms with Crippen molar-refractivity contribution in [3.05, 3.63) is 20.8 Å². The van der Waals surface area contributed by atoms with Crippen LogP contribution in [0.3, 0.4) is 0 Å². The highest BCUT2D eigenvalue weighted by Gasteiger charge is 2.40. The van der Waals surface area contributed by atoms with Crippen LogP contribution in [-0.2, 0) is 6.42 Å². The number of nitrogens with two attached hydrogens (primary N) is 1. The predicted molar refractivity (Wildman–Crippen MR) is 80.4 cm³/mol. The van der Waals surface area contributed by atoms with Crippen LogP contribution in [-0.4, -0.2) is 6.04 Å². The van der Waals surface area contributed by atoms with Crippen molar-refractivity contribution in [3.8, 4) is 0 Å². The first-order chi connectivity index (χ1) is 8.76. The molecule has 0 amide bonds. The first-order valence-electron chi connectivity index (χ1n) is 6.94. The fraction of sp³-hybridized carbons (Fsp3) is 0.714. The normalized spacial score (nSPS) is 32.0. The second-order valence-electron chi connectivity index (χ2n) is 5.93. The Kier molecular flexibility index (Phi) is 4.09. The predicted octanol–water partition coefficient (Wildman–Crippen LogP) is 3.71. The van der Waals surface area contributed by atoms with Gasteiger partial charge in [0.1, 0.15) is 0 Å². The third-order valence-electron chi connectivity index (χ3n) is 4.83. The molecule has 4 heteroatoms. The summed E-state index contributed by atoms with van der Waals surface area (Å²) in [5.41, 5.74) is 3.04. The molecule has 3 N–H and O–H groups in total. The Bertz CT molecular complexity index is 406. The van der Waals surface area contributed by atoms with Gasteiger partial charge in [0.25, 0.3) is 0 Å². The molecule has 0 aliphatic heterocycles. The Labute approximate surface area is 121 Å². The summed E-state index contributed by atoms with van der Waals surface area (Å²) in [4.78, 5) is 1.42. The molecule has 0 saturated heterocycles. The van der Waals surface area contributed by atoms with Crippen molar-refractivity contribution in [1.29, 1.82) is 0 Å². The first kappa shape index (κ1) is 13.1. The summed E-state index contributed by atoms with van der Waals surface area (Å²) < 4.78 is 1.24. The number of hydrogen-bond acceptors (Lipinski definition) is 3. The van der Waals surface area contributed by atoms with Crippen molar-refractivity contribution in [3.63, 3.8) is 0 Å². The van der Waals surface area contributed by atoms with Gasteiger partial charge in [0.2, 0.25) is 0 Å². The zero-order chi connectivity index (χ0) is 12.5. The minimum atomic E-state index is 0.435. The molecule has 2 aliphatic rings. The molecular formula is C14H21BrN2S. The third kappa shape index (κ3) is 2.67. The van der Waals surface area contributed by atoms with E-state index in [0.29, 0.717) is 6.04 Å². The van der Waals surface area contributed by atoms with Gasteiger partial charge < -0.3 is 0 Å². The van der Waals surface area contributed by atoms with Crippen LogP contribution in [0.15, 0.2) is 15.9 Å². The third-order valence-corrected chi connectivity index (χ3v) is 6.78. The maximum Gasteiger partial charge on any atom is 0.0314 e. The highest BCUT2D eigenvalue weighted by atomic mass is 79.9. The second-order valence-corrected chi connectivity index (χ2v) is 7.79. The molecule has 1 aromatic rings. The van der Waals surface area contributed by atoms with E-state index in [4.69, 9.17) is 5.84 Å². The number of hydrogen-bond donors (Lipinski definition) is 2. The summed E-state index contributed by atoms with van der Waals surface area (Å²) in [5.74, 6) is 8.71. The topological polar surface area (TPSA) is 38.0 Å². The lowest BCUT2D eigenvalue weighted by Gasteiger charge is -2.26. The summed E-state index contributed by atoms with van der Waals surface area (Å²) in [6.07, 6.45) is 8.21. The van der Waals surface area contributed by atoms with E-state index in [2.05, 4.69) is 32.8 Å². The fourth-order valence-electron chi connectivity index (χ4n) is 3.94. The van der Waals surface area contributed by atoms with Gasteiger partial charge in [-0.3, -0.25) is 11.3 Å². The van der Waals surface area contributed by atoms with Crippen molar-refractivity contribution in [2.24, 2.45) is 23.6 Å². The minimum absolute atomic E-state index is 0.435. The standard InChI is InChI=1S/C14H21BrN2S/c15-13-3-4-18-14(13)8-12(17-16)7-11-6-9-1-2-10(11)5-9/h3-4,9-12,17H,1-2,5-8,16H2. The largest absolute Gasteiger partial charge is 0.271 e. The first-order valence-corrected chi connectivity index (χ1v) is 8.61. The molecule has 2 fully saturated rings. The number of fused-ring (bicyclic) bond motifs is 2. The maximum atomic E-state index is 5.75. The second kappa shape index (κ2) is 5.61. The van der Waals surface area contributed by atoms with Crippen LogP contribution in [0, 0.1) is 17.8 Å². The van der Waals surface area contributed by atoms with E-state index in [0.717, 1.165) is 24.2 Å². The highest BCUT2D eigenvalue weighted by Crippen LogP contribution is 2.50. The Hall–Kier alpha value is 0.100. The molecule has 0 spiro atoms. The Morgan fingerprint density at radius 1 is 1.44 bits per heavy atom. The highest BCUT2D eigenvalue weighted by molar-refractivity contribution is 9.10. The average molecular weight is 329 g/mol. The lowest BCUT2D eigenvalue weighted by atomic mass is 9.83. The summed E-state index contributed by atoms with van der Waals surface area (Å²) in [5, 5.41) is 2.14. The molecule has 2 nitrogen and oxygen atoms in total. The van der Waals surface area contributed by atoms with Gasteiger partial charge in [0.15, 0.2) is 0 Å². The number of thiophene rings is 1. The van der Waals surface area contributed by atoms with Crippen molar-refractivity contribution in [2.45, 2.75) is 44.6 Å². The van der Waals surface area contributed by atoms with Gasteiger partial charge in [0, 0.05) is 15.4 Å². The van der Waals surface area contributed by atoms with Gasteiger partial charge in [-0.15, -0.1) is 11.3 Å². The van der Waals surface area contributed by atoms with Gasteiger partial charge in [-0.25, -0.2) is 0 Å².